The molecule has 11 heteroatoms. The fourth-order valence-electron chi connectivity index (χ4n) is 2.93. The number of nitrogens with zero attached hydrogens (tertiary/aromatic N) is 6. The van der Waals surface area contributed by atoms with Gasteiger partial charge in [-0.05, 0) is 47.8 Å². The van der Waals surface area contributed by atoms with Gasteiger partial charge in [-0.3, -0.25) is 9.59 Å². The molecule has 1 fully saturated rings. The molecule has 0 spiro atoms. The molecule has 0 unspecified atom stereocenters. The molecule has 0 radical (unpaired) electrons. The van der Waals surface area contributed by atoms with Crippen LogP contribution in [-0.2, 0) is 16.0 Å². The molecular weight excluding hydrogens is 392 g/mol. The van der Waals surface area contributed by atoms with Gasteiger partial charge in [0.1, 0.15) is 11.4 Å². The number of hydrogen-bond donors (Lipinski definition) is 2. The van der Waals surface area contributed by atoms with Gasteiger partial charge >= 0.3 is 5.97 Å². The number of rotatable bonds is 7. The SMILES string of the molecule is [N-]=[N+]=NCCc1ccc(O)c(N=Nc2ccc(C(=O)O)c(N3C(=O)CCC3=O)c2)c1. The van der Waals surface area contributed by atoms with Crippen molar-refractivity contribution in [3.05, 3.63) is 58.0 Å². The van der Waals surface area contributed by atoms with E-state index >= 15 is 0 Å². The summed E-state index contributed by atoms with van der Waals surface area (Å²) in [5, 5.41) is 30.8. The molecule has 0 atom stereocenters. The molecule has 0 aromatic heterocycles. The number of imide groups is 1. The second-order valence-electron chi connectivity index (χ2n) is 6.36. The zero-order valence-electron chi connectivity index (χ0n) is 15.6. The molecule has 1 heterocycles. The number of carboxylic acids is 1. The third-order valence-corrected chi connectivity index (χ3v) is 4.38. The molecule has 1 saturated heterocycles. The van der Waals surface area contributed by atoms with E-state index in [1.54, 1.807) is 12.1 Å². The molecule has 30 heavy (non-hydrogen) atoms. The standard InChI is InChI=1S/C19H16N6O5/c20-24-21-8-7-11-1-4-16(26)14(9-11)23-22-12-2-3-13(19(29)30)15(10-12)25-17(27)5-6-18(25)28/h1-4,9-10,26H,5-8H2,(H,29,30). The van der Waals surface area contributed by atoms with Gasteiger partial charge in [-0.1, -0.05) is 11.2 Å². The van der Waals surface area contributed by atoms with Crippen molar-refractivity contribution in [2.45, 2.75) is 19.3 Å². The van der Waals surface area contributed by atoms with Crippen LogP contribution in [0, 0.1) is 0 Å². The van der Waals surface area contributed by atoms with E-state index in [1.165, 1.54) is 24.3 Å². The maximum Gasteiger partial charge on any atom is 0.337 e. The molecule has 11 nitrogen and oxygen atoms in total. The van der Waals surface area contributed by atoms with Crippen LogP contribution in [0.25, 0.3) is 10.4 Å². The largest absolute Gasteiger partial charge is 0.506 e. The van der Waals surface area contributed by atoms with Crippen molar-refractivity contribution in [1.29, 1.82) is 0 Å². The highest BCUT2D eigenvalue weighted by Gasteiger charge is 2.33. The monoisotopic (exact) mass is 408 g/mol. The Labute approximate surface area is 169 Å². The number of carbonyl (C=O) groups is 3. The summed E-state index contributed by atoms with van der Waals surface area (Å²) >= 11 is 0. The molecule has 1 aliphatic rings. The number of benzene rings is 2. The Balaban J connectivity index is 1.93. The van der Waals surface area contributed by atoms with E-state index < -0.39 is 17.8 Å². The van der Waals surface area contributed by atoms with E-state index in [0.29, 0.717) is 6.42 Å². The van der Waals surface area contributed by atoms with Crippen LogP contribution < -0.4 is 4.90 Å². The summed E-state index contributed by atoms with van der Waals surface area (Å²) in [6.45, 7) is 0.246. The Morgan fingerprint density at radius 2 is 1.83 bits per heavy atom. The number of carboxylic acid groups (broad SMARTS) is 1. The van der Waals surface area contributed by atoms with Crippen molar-refractivity contribution in [3.8, 4) is 5.75 Å². The smallest absolute Gasteiger partial charge is 0.337 e. The van der Waals surface area contributed by atoms with Crippen molar-refractivity contribution in [2.75, 3.05) is 11.4 Å². The maximum atomic E-state index is 12.0. The minimum absolute atomic E-state index is 0.0140. The highest BCUT2D eigenvalue weighted by Crippen LogP contribution is 2.33. The van der Waals surface area contributed by atoms with Gasteiger partial charge in [-0.2, -0.15) is 5.11 Å². The van der Waals surface area contributed by atoms with E-state index in [4.69, 9.17) is 5.53 Å². The molecule has 2 aromatic carbocycles. The first-order valence-electron chi connectivity index (χ1n) is 8.88. The predicted octanol–water partition coefficient (Wildman–Crippen LogP) is 4.01. The number of amides is 2. The third-order valence-electron chi connectivity index (χ3n) is 4.38. The lowest BCUT2D eigenvalue weighted by Gasteiger charge is -2.16. The number of carbonyl (C=O) groups excluding carboxylic acids is 2. The third kappa shape index (κ3) is 4.42. The van der Waals surface area contributed by atoms with Crippen LogP contribution in [0.3, 0.4) is 0 Å². The minimum Gasteiger partial charge on any atom is -0.506 e. The number of phenolic OH excluding ortho intramolecular Hbond substituents is 1. The van der Waals surface area contributed by atoms with E-state index in [0.717, 1.165) is 10.5 Å². The Hall–Kier alpha value is -4.24. The molecule has 2 aromatic rings. The minimum atomic E-state index is -1.29. The summed E-state index contributed by atoms with van der Waals surface area (Å²) < 4.78 is 0. The van der Waals surface area contributed by atoms with Crippen molar-refractivity contribution >= 4 is 34.8 Å². The molecular formula is C19H16N6O5. The molecule has 1 aliphatic heterocycles. The zero-order valence-corrected chi connectivity index (χ0v) is 15.6. The average Bonchev–Trinajstić information content (AvgIpc) is 3.06. The average molecular weight is 408 g/mol. The van der Waals surface area contributed by atoms with Gasteiger partial charge in [0.2, 0.25) is 11.8 Å². The first-order valence-corrected chi connectivity index (χ1v) is 8.88. The normalized spacial score (nSPS) is 13.7. The van der Waals surface area contributed by atoms with Crippen LogP contribution in [0.15, 0.2) is 51.7 Å². The van der Waals surface area contributed by atoms with Crippen LogP contribution in [0.4, 0.5) is 17.1 Å². The predicted molar refractivity (Wildman–Crippen MR) is 105 cm³/mol. The topological polar surface area (TPSA) is 168 Å². The summed E-state index contributed by atoms with van der Waals surface area (Å²) in [5.74, 6) is -2.38. The van der Waals surface area contributed by atoms with Crippen molar-refractivity contribution < 1.29 is 24.6 Å². The number of aromatic carboxylic acids is 1. The molecule has 0 saturated carbocycles. The zero-order chi connectivity index (χ0) is 21.7. The van der Waals surface area contributed by atoms with Gasteiger partial charge in [-0.25, -0.2) is 9.69 Å². The van der Waals surface area contributed by atoms with E-state index in [9.17, 15) is 24.6 Å². The highest BCUT2D eigenvalue weighted by atomic mass is 16.4. The summed E-state index contributed by atoms with van der Waals surface area (Å²) in [7, 11) is 0. The van der Waals surface area contributed by atoms with Gasteiger partial charge in [0.25, 0.3) is 0 Å². The molecule has 0 bridgehead atoms. The fraction of sp³-hybridized carbons (Fsp3) is 0.211. The molecule has 0 aliphatic carbocycles. The molecule has 2 amide bonds. The second kappa shape index (κ2) is 8.84. The second-order valence-corrected chi connectivity index (χ2v) is 6.36. The summed E-state index contributed by atoms with van der Waals surface area (Å²) in [6, 6.07) is 8.57. The van der Waals surface area contributed by atoms with Crippen LogP contribution in [0.1, 0.15) is 28.8 Å². The van der Waals surface area contributed by atoms with E-state index in [1.807, 2.05) is 0 Å². The lowest BCUT2D eigenvalue weighted by Crippen LogP contribution is -2.30. The van der Waals surface area contributed by atoms with Crippen LogP contribution in [0.5, 0.6) is 5.75 Å². The first-order chi connectivity index (χ1) is 14.4. The number of aromatic hydroxyl groups is 1. The number of azo groups is 1. The molecule has 2 N–H and O–H groups in total. The highest BCUT2D eigenvalue weighted by molar-refractivity contribution is 6.22. The van der Waals surface area contributed by atoms with Crippen LogP contribution in [-0.4, -0.2) is 34.5 Å². The molecule has 152 valence electrons. The van der Waals surface area contributed by atoms with E-state index in [2.05, 4.69) is 20.3 Å². The van der Waals surface area contributed by atoms with Crippen molar-refractivity contribution in [1.82, 2.24) is 0 Å². The summed E-state index contributed by atoms with van der Waals surface area (Å²) in [5.41, 5.74) is 9.19. The van der Waals surface area contributed by atoms with Gasteiger partial charge < -0.3 is 10.2 Å². The summed E-state index contributed by atoms with van der Waals surface area (Å²) in [6.07, 6.45) is 0.476. The quantitative estimate of drug-likeness (QED) is 0.305. The lowest BCUT2D eigenvalue weighted by molar-refractivity contribution is -0.121. The van der Waals surface area contributed by atoms with Gasteiger partial charge in [0, 0.05) is 24.3 Å². The first kappa shape index (κ1) is 20.5. The van der Waals surface area contributed by atoms with Crippen LogP contribution >= 0.6 is 0 Å². The van der Waals surface area contributed by atoms with E-state index in [-0.39, 0.29) is 47.8 Å². The molecule has 3 rings (SSSR count). The lowest BCUT2D eigenvalue weighted by atomic mass is 10.1. The fourth-order valence-corrected chi connectivity index (χ4v) is 2.93. The maximum absolute atomic E-state index is 12.0. The van der Waals surface area contributed by atoms with Crippen molar-refractivity contribution in [3.63, 3.8) is 0 Å². The Morgan fingerprint density at radius 3 is 2.50 bits per heavy atom. The Morgan fingerprint density at radius 1 is 1.10 bits per heavy atom. The number of hydrogen-bond acceptors (Lipinski definition) is 7. The number of azide groups is 1. The summed E-state index contributed by atoms with van der Waals surface area (Å²) in [4.78, 5) is 39.1. The van der Waals surface area contributed by atoms with Crippen LogP contribution in [0.2, 0.25) is 0 Å². The Bertz CT molecular complexity index is 1090. The van der Waals surface area contributed by atoms with Crippen molar-refractivity contribution in [2.24, 2.45) is 15.3 Å². The number of anilines is 1. The van der Waals surface area contributed by atoms with Gasteiger partial charge in [-0.15, -0.1) is 5.11 Å². The van der Waals surface area contributed by atoms with Gasteiger partial charge in [0.05, 0.1) is 16.9 Å². The Kier molecular flexibility index (Phi) is 6.04. The number of phenols is 1. The van der Waals surface area contributed by atoms with Gasteiger partial charge in [0.15, 0.2) is 0 Å².